The zero-order chi connectivity index (χ0) is 16.6. The SMILES string of the molecule is Cc1cc(Oc2ccc(O)cc2)cc2c(=O)cc(C(F)F)[nH]c12. The van der Waals surface area contributed by atoms with Crippen molar-refractivity contribution >= 4 is 10.9 Å². The maximum Gasteiger partial charge on any atom is 0.278 e. The molecule has 0 fully saturated rings. The van der Waals surface area contributed by atoms with Crippen molar-refractivity contribution < 1.29 is 18.6 Å². The van der Waals surface area contributed by atoms with E-state index in [4.69, 9.17) is 4.74 Å². The molecule has 0 bridgehead atoms. The predicted octanol–water partition coefficient (Wildman–Crippen LogP) is 4.27. The highest BCUT2D eigenvalue weighted by Crippen LogP contribution is 2.28. The van der Waals surface area contributed by atoms with E-state index in [1.807, 2.05) is 0 Å². The molecular formula is C17H13F2NO3. The number of fused-ring (bicyclic) bond motifs is 1. The molecule has 2 N–H and O–H groups in total. The molecule has 3 aromatic rings. The molecule has 0 unspecified atom stereocenters. The zero-order valence-corrected chi connectivity index (χ0v) is 12.1. The number of H-pyrrole nitrogens is 1. The summed E-state index contributed by atoms with van der Waals surface area (Å²) in [7, 11) is 0. The van der Waals surface area contributed by atoms with E-state index in [2.05, 4.69) is 4.98 Å². The van der Waals surface area contributed by atoms with Gasteiger partial charge in [-0.05, 0) is 48.9 Å². The third-order valence-corrected chi connectivity index (χ3v) is 3.44. The molecular weight excluding hydrogens is 304 g/mol. The predicted molar refractivity (Wildman–Crippen MR) is 82.4 cm³/mol. The Bertz CT molecular complexity index is 918. The number of phenolic OH excluding ortho intramolecular Hbond substituents is 1. The van der Waals surface area contributed by atoms with E-state index in [1.54, 1.807) is 25.1 Å². The van der Waals surface area contributed by atoms with Crippen molar-refractivity contribution in [3.05, 3.63) is 63.9 Å². The van der Waals surface area contributed by atoms with Crippen LogP contribution in [0.2, 0.25) is 0 Å². The Hall–Kier alpha value is -2.89. The summed E-state index contributed by atoms with van der Waals surface area (Å²) in [6.07, 6.45) is -2.74. The van der Waals surface area contributed by atoms with E-state index in [9.17, 15) is 18.7 Å². The fraction of sp³-hybridized carbons (Fsp3) is 0.118. The van der Waals surface area contributed by atoms with Gasteiger partial charge in [-0.25, -0.2) is 8.78 Å². The van der Waals surface area contributed by atoms with Crippen LogP contribution in [-0.4, -0.2) is 10.1 Å². The number of phenols is 1. The molecule has 4 nitrogen and oxygen atoms in total. The molecule has 0 atom stereocenters. The molecule has 0 saturated heterocycles. The van der Waals surface area contributed by atoms with Crippen molar-refractivity contribution in [1.82, 2.24) is 4.98 Å². The molecule has 0 saturated carbocycles. The molecule has 3 rings (SSSR count). The number of aryl methyl sites for hydroxylation is 1. The lowest BCUT2D eigenvalue weighted by molar-refractivity contribution is 0.146. The van der Waals surface area contributed by atoms with Crippen molar-refractivity contribution in [2.45, 2.75) is 13.3 Å². The van der Waals surface area contributed by atoms with Gasteiger partial charge in [0.15, 0.2) is 5.43 Å². The summed E-state index contributed by atoms with van der Waals surface area (Å²) in [5.74, 6) is 1.01. The van der Waals surface area contributed by atoms with Crippen molar-refractivity contribution in [1.29, 1.82) is 0 Å². The van der Waals surface area contributed by atoms with Crippen molar-refractivity contribution in [2.24, 2.45) is 0 Å². The van der Waals surface area contributed by atoms with Gasteiger partial charge < -0.3 is 14.8 Å². The second-order valence-electron chi connectivity index (χ2n) is 5.15. The van der Waals surface area contributed by atoms with Gasteiger partial charge in [-0.1, -0.05) is 0 Å². The lowest BCUT2D eigenvalue weighted by Gasteiger charge is -2.10. The standard InChI is InChI=1S/C17H13F2NO3/c1-9-6-12(23-11-4-2-10(21)3-5-11)7-13-15(22)8-14(17(18)19)20-16(9)13/h2-8,17,21H,1H3,(H,20,22). The number of hydrogen-bond acceptors (Lipinski definition) is 3. The largest absolute Gasteiger partial charge is 0.508 e. The van der Waals surface area contributed by atoms with Gasteiger partial charge in [0.05, 0.1) is 11.2 Å². The maximum absolute atomic E-state index is 12.8. The lowest BCUT2D eigenvalue weighted by Crippen LogP contribution is -2.06. The van der Waals surface area contributed by atoms with Gasteiger partial charge in [0.25, 0.3) is 6.43 Å². The van der Waals surface area contributed by atoms with Crippen LogP contribution in [0.5, 0.6) is 17.2 Å². The molecule has 0 aliphatic rings. The number of ether oxygens (including phenoxy) is 1. The molecule has 0 radical (unpaired) electrons. The average Bonchev–Trinajstić information content (AvgIpc) is 2.50. The number of aromatic nitrogens is 1. The average molecular weight is 317 g/mol. The van der Waals surface area contributed by atoms with Crippen LogP contribution in [-0.2, 0) is 0 Å². The van der Waals surface area contributed by atoms with Crippen LogP contribution < -0.4 is 10.2 Å². The summed E-state index contributed by atoms with van der Waals surface area (Å²) < 4.78 is 31.2. The quantitative estimate of drug-likeness (QED) is 0.758. The highest BCUT2D eigenvalue weighted by Gasteiger charge is 2.13. The van der Waals surface area contributed by atoms with Gasteiger partial charge in [0, 0.05) is 11.5 Å². The van der Waals surface area contributed by atoms with Crippen LogP contribution in [0.25, 0.3) is 10.9 Å². The fourth-order valence-corrected chi connectivity index (χ4v) is 2.34. The van der Waals surface area contributed by atoms with E-state index >= 15 is 0 Å². The number of benzene rings is 2. The highest BCUT2D eigenvalue weighted by molar-refractivity contribution is 5.83. The van der Waals surface area contributed by atoms with Crippen LogP contribution in [0.4, 0.5) is 8.78 Å². The number of alkyl halides is 2. The third kappa shape index (κ3) is 3.01. The second-order valence-corrected chi connectivity index (χ2v) is 5.15. The third-order valence-electron chi connectivity index (χ3n) is 3.44. The summed E-state index contributed by atoms with van der Waals surface area (Å²) in [5, 5.41) is 9.53. The van der Waals surface area contributed by atoms with Gasteiger partial charge in [-0.3, -0.25) is 4.79 Å². The van der Waals surface area contributed by atoms with Gasteiger partial charge >= 0.3 is 0 Å². The number of rotatable bonds is 3. The number of pyridine rings is 1. The lowest BCUT2D eigenvalue weighted by atomic mass is 10.1. The van der Waals surface area contributed by atoms with Crippen LogP contribution in [0.3, 0.4) is 0 Å². The first-order valence-electron chi connectivity index (χ1n) is 6.86. The summed E-state index contributed by atoms with van der Waals surface area (Å²) in [6, 6.07) is 10.2. The molecule has 0 aliphatic carbocycles. The van der Waals surface area contributed by atoms with E-state index in [-0.39, 0.29) is 11.1 Å². The van der Waals surface area contributed by atoms with Gasteiger partial charge in [-0.2, -0.15) is 0 Å². The Morgan fingerprint density at radius 2 is 1.78 bits per heavy atom. The molecule has 1 heterocycles. The first-order chi connectivity index (χ1) is 10.9. The van der Waals surface area contributed by atoms with Gasteiger partial charge in [0.2, 0.25) is 0 Å². The highest BCUT2D eigenvalue weighted by atomic mass is 19.3. The molecule has 0 amide bonds. The van der Waals surface area contributed by atoms with Crippen LogP contribution in [0.15, 0.2) is 47.3 Å². The minimum absolute atomic E-state index is 0.114. The Labute approximate surface area is 130 Å². The van der Waals surface area contributed by atoms with E-state index in [1.165, 1.54) is 18.2 Å². The summed E-state index contributed by atoms with van der Waals surface area (Å²) in [6.45, 7) is 1.71. The normalized spacial score (nSPS) is 11.1. The molecule has 118 valence electrons. The first kappa shape index (κ1) is 15.0. The van der Waals surface area contributed by atoms with Crippen LogP contribution in [0, 0.1) is 6.92 Å². The van der Waals surface area contributed by atoms with Crippen LogP contribution >= 0.6 is 0 Å². The van der Waals surface area contributed by atoms with E-state index in [0.29, 0.717) is 22.6 Å². The minimum atomic E-state index is -2.74. The van der Waals surface area contributed by atoms with Crippen LogP contribution in [0.1, 0.15) is 17.7 Å². The number of halogens is 2. The summed E-state index contributed by atoms with van der Waals surface area (Å²) >= 11 is 0. The number of hydrogen-bond donors (Lipinski definition) is 2. The topological polar surface area (TPSA) is 62.3 Å². The first-order valence-corrected chi connectivity index (χ1v) is 6.86. The minimum Gasteiger partial charge on any atom is -0.508 e. The summed E-state index contributed by atoms with van der Waals surface area (Å²) in [5.41, 5.74) is 0.0906. The van der Waals surface area contributed by atoms with Crippen molar-refractivity contribution in [3.63, 3.8) is 0 Å². The second kappa shape index (κ2) is 5.72. The molecule has 2 aromatic carbocycles. The molecule has 0 aliphatic heterocycles. The van der Waals surface area contributed by atoms with E-state index < -0.39 is 17.5 Å². The maximum atomic E-state index is 12.8. The monoisotopic (exact) mass is 317 g/mol. The Balaban J connectivity index is 2.07. The number of nitrogens with one attached hydrogen (secondary N) is 1. The Morgan fingerprint density at radius 1 is 1.09 bits per heavy atom. The Morgan fingerprint density at radius 3 is 2.43 bits per heavy atom. The number of aromatic hydroxyl groups is 1. The molecule has 6 heteroatoms. The summed E-state index contributed by atoms with van der Waals surface area (Å²) in [4.78, 5) is 14.7. The number of aromatic amines is 1. The fourth-order valence-electron chi connectivity index (χ4n) is 2.34. The molecule has 0 spiro atoms. The van der Waals surface area contributed by atoms with E-state index in [0.717, 1.165) is 6.07 Å². The Kier molecular flexibility index (Phi) is 3.73. The van der Waals surface area contributed by atoms with Gasteiger partial charge in [0.1, 0.15) is 17.2 Å². The zero-order valence-electron chi connectivity index (χ0n) is 12.1. The molecule has 1 aromatic heterocycles. The molecule has 23 heavy (non-hydrogen) atoms. The van der Waals surface area contributed by atoms with Crippen molar-refractivity contribution in [3.8, 4) is 17.2 Å². The smallest absolute Gasteiger partial charge is 0.278 e. The van der Waals surface area contributed by atoms with Crippen molar-refractivity contribution in [2.75, 3.05) is 0 Å². The van der Waals surface area contributed by atoms with Gasteiger partial charge in [-0.15, -0.1) is 0 Å².